The molecule has 1 aliphatic heterocycles. The van der Waals surface area contributed by atoms with Gasteiger partial charge in [0.2, 0.25) is 0 Å². The number of ether oxygens (including phenoxy) is 1. The van der Waals surface area contributed by atoms with E-state index in [1.165, 1.54) is 29.3 Å². The van der Waals surface area contributed by atoms with Crippen LogP contribution in [0.2, 0.25) is 0 Å². The first-order chi connectivity index (χ1) is 10.2. The van der Waals surface area contributed by atoms with Crippen molar-refractivity contribution in [2.75, 3.05) is 18.1 Å². The van der Waals surface area contributed by atoms with E-state index in [0.29, 0.717) is 30.2 Å². The summed E-state index contributed by atoms with van der Waals surface area (Å²) in [6.45, 7) is 0.679. The number of carbonyl (C=O) groups excluding carboxylic acids is 1. The largest absolute Gasteiger partial charge is 0.490 e. The zero-order chi connectivity index (χ0) is 14.8. The highest BCUT2D eigenvalue weighted by Crippen LogP contribution is 2.35. The Morgan fingerprint density at radius 3 is 2.95 bits per heavy atom. The molecule has 0 radical (unpaired) electrons. The summed E-state index contributed by atoms with van der Waals surface area (Å²) in [5, 5.41) is 10.9. The molecule has 0 spiro atoms. The monoisotopic (exact) mass is 285 g/mol. The number of pyridine rings is 1. The van der Waals surface area contributed by atoms with E-state index in [9.17, 15) is 14.9 Å². The van der Waals surface area contributed by atoms with Gasteiger partial charge in [0.15, 0.2) is 0 Å². The Kier molecular flexibility index (Phi) is 3.23. The van der Waals surface area contributed by atoms with Gasteiger partial charge in [0.1, 0.15) is 12.4 Å². The minimum absolute atomic E-state index is 0.0803. The highest BCUT2D eigenvalue weighted by molar-refractivity contribution is 6.07. The van der Waals surface area contributed by atoms with Gasteiger partial charge in [0.25, 0.3) is 11.6 Å². The molecule has 0 fully saturated rings. The number of hydrogen-bond donors (Lipinski definition) is 0. The van der Waals surface area contributed by atoms with E-state index < -0.39 is 4.92 Å². The van der Waals surface area contributed by atoms with Gasteiger partial charge in [-0.05, 0) is 18.2 Å². The third kappa shape index (κ3) is 2.40. The van der Waals surface area contributed by atoms with Gasteiger partial charge in [-0.3, -0.25) is 19.9 Å². The molecular weight excluding hydrogens is 274 g/mol. The van der Waals surface area contributed by atoms with Crippen LogP contribution < -0.4 is 9.64 Å². The summed E-state index contributed by atoms with van der Waals surface area (Å²) in [6.07, 6.45) is 3.05. The molecule has 2 aromatic rings. The lowest BCUT2D eigenvalue weighted by atomic mass is 10.1. The summed E-state index contributed by atoms with van der Waals surface area (Å²) in [5.74, 6) is 0.206. The molecule has 0 atom stereocenters. The molecule has 1 aromatic carbocycles. The molecule has 0 N–H and O–H groups in total. The number of aromatic nitrogens is 1. The number of anilines is 1. The molecule has 0 unspecified atom stereocenters. The second-order valence-electron chi connectivity index (χ2n) is 4.46. The van der Waals surface area contributed by atoms with Crippen LogP contribution in [0.5, 0.6) is 5.75 Å². The molecule has 0 bridgehead atoms. The van der Waals surface area contributed by atoms with Gasteiger partial charge in [-0.25, -0.2) is 0 Å². The van der Waals surface area contributed by atoms with Crippen molar-refractivity contribution in [1.29, 1.82) is 0 Å². The third-order valence-electron chi connectivity index (χ3n) is 3.17. The molecule has 2 heterocycles. The van der Waals surface area contributed by atoms with Crippen LogP contribution in [0, 0.1) is 10.1 Å². The van der Waals surface area contributed by atoms with Gasteiger partial charge in [0.05, 0.1) is 22.7 Å². The molecule has 1 aromatic heterocycles. The molecule has 7 heteroatoms. The second-order valence-corrected chi connectivity index (χ2v) is 4.46. The maximum absolute atomic E-state index is 12.5. The number of nitro groups is 1. The van der Waals surface area contributed by atoms with Crippen LogP contribution in [0.15, 0.2) is 42.7 Å². The van der Waals surface area contributed by atoms with Crippen molar-refractivity contribution in [2.45, 2.75) is 0 Å². The van der Waals surface area contributed by atoms with E-state index in [0.717, 1.165) is 0 Å². The van der Waals surface area contributed by atoms with E-state index in [-0.39, 0.29) is 11.6 Å². The van der Waals surface area contributed by atoms with Crippen LogP contribution >= 0.6 is 0 Å². The number of nitrogens with zero attached hydrogens (tertiary/aromatic N) is 3. The Morgan fingerprint density at radius 1 is 1.38 bits per heavy atom. The molecular formula is C14H11N3O4. The normalized spacial score (nSPS) is 13.2. The average molecular weight is 285 g/mol. The van der Waals surface area contributed by atoms with Crippen molar-refractivity contribution >= 4 is 17.3 Å². The number of amides is 1. The molecule has 106 valence electrons. The van der Waals surface area contributed by atoms with Gasteiger partial charge in [0, 0.05) is 24.5 Å². The zero-order valence-corrected chi connectivity index (χ0v) is 10.9. The average Bonchev–Trinajstić information content (AvgIpc) is 2.54. The Labute approximate surface area is 119 Å². The Hall–Kier alpha value is -2.96. The summed E-state index contributed by atoms with van der Waals surface area (Å²) < 4.78 is 5.44. The van der Waals surface area contributed by atoms with Crippen molar-refractivity contribution in [3.05, 3.63) is 58.4 Å². The van der Waals surface area contributed by atoms with Crippen molar-refractivity contribution in [2.24, 2.45) is 0 Å². The van der Waals surface area contributed by atoms with Gasteiger partial charge >= 0.3 is 0 Å². The fraction of sp³-hybridized carbons (Fsp3) is 0.143. The molecule has 3 rings (SSSR count). The van der Waals surface area contributed by atoms with E-state index in [4.69, 9.17) is 4.74 Å². The summed E-state index contributed by atoms with van der Waals surface area (Å²) in [6, 6.07) is 7.54. The lowest BCUT2D eigenvalue weighted by Crippen LogP contribution is -2.38. The van der Waals surface area contributed by atoms with Gasteiger partial charge in [-0.2, -0.15) is 0 Å². The van der Waals surface area contributed by atoms with Gasteiger partial charge in [-0.1, -0.05) is 0 Å². The second kappa shape index (κ2) is 5.20. The van der Waals surface area contributed by atoms with E-state index in [1.54, 1.807) is 18.3 Å². The standard InChI is InChI=1S/C14H11N3O4/c18-14(10-2-1-5-15-9-10)16-6-7-21-13-4-3-11(17(19)20)8-12(13)16/h1-5,8-9H,6-7H2. The first-order valence-corrected chi connectivity index (χ1v) is 6.30. The fourth-order valence-corrected chi connectivity index (χ4v) is 2.18. The van der Waals surface area contributed by atoms with E-state index in [2.05, 4.69) is 4.98 Å². The SMILES string of the molecule is O=C(c1cccnc1)N1CCOc2ccc([N+](=O)[O-])cc21. The molecule has 1 amide bonds. The number of non-ortho nitro benzene ring substituents is 1. The molecule has 0 saturated carbocycles. The number of nitro benzene ring substituents is 1. The Bertz CT molecular complexity index is 703. The smallest absolute Gasteiger partial charge is 0.271 e. The maximum Gasteiger partial charge on any atom is 0.271 e. The first-order valence-electron chi connectivity index (χ1n) is 6.30. The van der Waals surface area contributed by atoms with Crippen molar-refractivity contribution < 1.29 is 14.5 Å². The number of hydrogen-bond acceptors (Lipinski definition) is 5. The van der Waals surface area contributed by atoms with Gasteiger partial charge < -0.3 is 9.64 Å². The van der Waals surface area contributed by atoms with Crippen LogP contribution in [0.25, 0.3) is 0 Å². The molecule has 0 saturated heterocycles. The Balaban J connectivity index is 2.01. The van der Waals surface area contributed by atoms with Crippen LogP contribution in [0.1, 0.15) is 10.4 Å². The molecule has 21 heavy (non-hydrogen) atoms. The van der Waals surface area contributed by atoms with Crippen molar-refractivity contribution in [3.8, 4) is 5.75 Å². The lowest BCUT2D eigenvalue weighted by Gasteiger charge is -2.29. The zero-order valence-electron chi connectivity index (χ0n) is 10.9. The number of fused-ring (bicyclic) bond motifs is 1. The van der Waals surface area contributed by atoms with Crippen LogP contribution in [-0.4, -0.2) is 29.0 Å². The predicted octanol–water partition coefficient (Wildman–Crippen LogP) is 2.03. The highest BCUT2D eigenvalue weighted by atomic mass is 16.6. The Morgan fingerprint density at radius 2 is 2.24 bits per heavy atom. The lowest BCUT2D eigenvalue weighted by molar-refractivity contribution is -0.384. The third-order valence-corrected chi connectivity index (χ3v) is 3.17. The quantitative estimate of drug-likeness (QED) is 0.622. The summed E-state index contributed by atoms with van der Waals surface area (Å²) in [7, 11) is 0. The molecule has 7 nitrogen and oxygen atoms in total. The van der Waals surface area contributed by atoms with Crippen molar-refractivity contribution in [1.82, 2.24) is 4.98 Å². The summed E-state index contributed by atoms with van der Waals surface area (Å²) >= 11 is 0. The fourth-order valence-electron chi connectivity index (χ4n) is 2.18. The minimum Gasteiger partial charge on any atom is -0.490 e. The van der Waals surface area contributed by atoms with Crippen molar-refractivity contribution in [3.63, 3.8) is 0 Å². The topological polar surface area (TPSA) is 85.6 Å². The summed E-state index contributed by atoms with van der Waals surface area (Å²) in [4.78, 5) is 28.3. The van der Waals surface area contributed by atoms with Gasteiger partial charge in [-0.15, -0.1) is 0 Å². The number of rotatable bonds is 2. The minimum atomic E-state index is -0.498. The van der Waals surface area contributed by atoms with E-state index >= 15 is 0 Å². The van der Waals surface area contributed by atoms with Crippen LogP contribution in [0.3, 0.4) is 0 Å². The highest BCUT2D eigenvalue weighted by Gasteiger charge is 2.26. The predicted molar refractivity (Wildman–Crippen MR) is 74.5 cm³/mol. The van der Waals surface area contributed by atoms with Crippen LogP contribution in [-0.2, 0) is 0 Å². The van der Waals surface area contributed by atoms with E-state index in [1.807, 2.05) is 0 Å². The molecule has 1 aliphatic rings. The molecule has 0 aliphatic carbocycles. The maximum atomic E-state index is 12.5. The summed E-state index contributed by atoms with van der Waals surface area (Å²) in [5.41, 5.74) is 0.754. The number of benzene rings is 1. The van der Waals surface area contributed by atoms with Crippen LogP contribution in [0.4, 0.5) is 11.4 Å². The first kappa shape index (κ1) is 13.0. The number of carbonyl (C=O) groups is 1.